The Hall–Kier alpha value is -1.21. The van der Waals surface area contributed by atoms with Crippen LogP contribution < -0.4 is 10.6 Å². The number of unbranched alkanes of at least 4 members (excludes halogenated alkanes) is 2. The van der Waals surface area contributed by atoms with Crippen molar-refractivity contribution in [2.45, 2.75) is 58.7 Å². The fourth-order valence-electron chi connectivity index (χ4n) is 1.65. The van der Waals surface area contributed by atoms with E-state index in [0.717, 1.165) is 19.3 Å². The van der Waals surface area contributed by atoms with Gasteiger partial charge in [-0.1, -0.05) is 6.92 Å². The van der Waals surface area contributed by atoms with Crippen molar-refractivity contribution in [2.24, 2.45) is 0 Å². The third-order valence-corrected chi connectivity index (χ3v) is 2.98. The summed E-state index contributed by atoms with van der Waals surface area (Å²) in [6.07, 6.45) is 1.79. The van der Waals surface area contributed by atoms with Crippen LogP contribution in [0.15, 0.2) is 0 Å². The lowest BCUT2D eigenvalue weighted by atomic mass is 10.2. The van der Waals surface area contributed by atoms with Gasteiger partial charge in [-0.25, -0.2) is 4.39 Å². The Bertz CT molecular complexity index is 327. The van der Waals surface area contributed by atoms with Crippen LogP contribution in [-0.4, -0.2) is 57.0 Å². The highest BCUT2D eigenvalue weighted by molar-refractivity contribution is 5.77. The van der Waals surface area contributed by atoms with E-state index >= 15 is 0 Å². The lowest BCUT2D eigenvalue weighted by Crippen LogP contribution is -2.31. The molecule has 2 N–H and O–H groups in total. The highest BCUT2D eigenvalue weighted by Gasteiger charge is 2.08. The smallest absolute Gasteiger partial charge is 0.246 e. The van der Waals surface area contributed by atoms with Crippen molar-refractivity contribution in [2.75, 3.05) is 32.9 Å². The Morgan fingerprint density at radius 3 is 2.48 bits per heavy atom. The van der Waals surface area contributed by atoms with Crippen LogP contribution in [-0.2, 0) is 19.1 Å². The van der Waals surface area contributed by atoms with Gasteiger partial charge in [-0.05, 0) is 33.1 Å². The second-order valence-corrected chi connectivity index (χ2v) is 5.60. The second-order valence-electron chi connectivity index (χ2n) is 5.60. The minimum atomic E-state index is -1.18. The average molecular weight is 334 g/mol. The molecule has 0 aromatic carbocycles. The van der Waals surface area contributed by atoms with E-state index in [1.807, 2.05) is 13.8 Å². The first-order chi connectivity index (χ1) is 11.0. The number of rotatable bonds is 14. The number of alkyl halides is 1. The van der Waals surface area contributed by atoms with Crippen LogP contribution >= 0.6 is 0 Å². The Morgan fingerprint density at radius 1 is 1.09 bits per heavy atom. The first kappa shape index (κ1) is 21.8. The van der Waals surface area contributed by atoms with E-state index in [9.17, 15) is 14.0 Å². The van der Waals surface area contributed by atoms with Gasteiger partial charge >= 0.3 is 0 Å². The average Bonchev–Trinajstić information content (AvgIpc) is 2.52. The van der Waals surface area contributed by atoms with Crippen molar-refractivity contribution in [3.63, 3.8) is 0 Å². The van der Waals surface area contributed by atoms with Crippen molar-refractivity contribution >= 4 is 11.8 Å². The maximum absolute atomic E-state index is 13.3. The summed E-state index contributed by atoms with van der Waals surface area (Å²) in [6, 6.07) is 0. The molecule has 7 heteroatoms. The van der Waals surface area contributed by atoms with Crippen molar-refractivity contribution in [1.82, 2.24) is 10.6 Å². The van der Waals surface area contributed by atoms with Gasteiger partial charge in [0.25, 0.3) is 0 Å². The molecule has 0 aromatic rings. The molecule has 136 valence electrons. The van der Waals surface area contributed by atoms with Crippen molar-refractivity contribution in [1.29, 1.82) is 0 Å². The lowest BCUT2D eigenvalue weighted by Gasteiger charge is -2.10. The van der Waals surface area contributed by atoms with Gasteiger partial charge < -0.3 is 20.1 Å². The maximum Gasteiger partial charge on any atom is 0.246 e. The Balaban J connectivity index is 3.33. The van der Waals surface area contributed by atoms with Crippen molar-refractivity contribution in [3.8, 4) is 0 Å². The molecule has 23 heavy (non-hydrogen) atoms. The van der Waals surface area contributed by atoms with Crippen LogP contribution in [0.5, 0.6) is 0 Å². The minimum absolute atomic E-state index is 0.00282. The number of nitrogens with one attached hydrogen (secondary N) is 2. The molecule has 2 amide bonds. The summed E-state index contributed by atoms with van der Waals surface area (Å²) >= 11 is 0. The van der Waals surface area contributed by atoms with Crippen LogP contribution in [0.4, 0.5) is 4.39 Å². The van der Waals surface area contributed by atoms with Crippen LogP contribution in [0.3, 0.4) is 0 Å². The third-order valence-electron chi connectivity index (χ3n) is 2.98. The van der Waals surface area contributed by atoms with Gasteiger partial charge in [0.05, 0.1) is 19.3 Å². The van der Waals surface area contributed by atoms with Gasteiger partial charge in [-0.3, -0.25) is 9.59 Å². The fourth-order valence-corrected chi connectivity index (χ4v) is 1.65. The van der Waals surface area contributed by atoms with Gasteiger partial charge in [0.2, 0.25) is 11.8 Å². The highest BCUT2D eigenvalue weighted by Crippen LogP contribution is 1.97. The van der Waals surface area contributed by atoms with E-state index in [1.54, 1.807) is 6.92 Å². The second kappa shape index (κ2) is 14.4. The first-order valence-corrected chi connectivity index (χ1v) is 8.32. The standard InChI is InChI=1S/C16H31FN2O4/c1-4-15(20)19-10-14(17)11-22-9-7-5-6-8-18-16(21)12-23-13(2)3/h13-14H,4-12H2,1-3H3,(H,18,21)(H,19,20). The van der Waals surface area contributed by atoms with E-state index in [2.05, 4.69) is 10.6 Å². The van der Waals surface area contributed by atoms with Gasteiger partial charge in [0, 0.05) is 19.6 Å². The molecule has 0 radical (unpaired) electrons. The normalized spacial score (nSPS) is 12.2. The number of amides is 2. The van der Waals surface area contributed by atoms with E-state index < -0.39 is 6.17 Å². The predicted octanol–water partition coefficient (Wildman–Crippen LogP) is 1.58. The van der Waals surface area contributed by atoms with Crippen LogP contribution in [0.25, 0.3) is 0 Å². The number of halogens is 1. The molecule has 0 aliphatic rings. The van der Waals surface area contributed by atoms with E-state index in [0.29, 0.717) is 19.6 Å². The lowest BCUT2D eigenvalue weighted by molar-refractivity contribution is -0.127. The Morgan fingerprint density at radius 2 is 1.83 bits per heavy atom. The number of hydrogen-bond donors (Lipinski definition) is 2. The largest absolute Gasteiger partial charge is 0.378 e. The third kappa shape index (κ3) is 15.5. The molecule has 1 atom stereocenters. The first-order valence-electron chi connectivity index (χ1n) is 8.32. The Kier molecular flexibility index (Phi) is 13.6. The summed E-state index contributed by atoms with van der Waals surface area (Å²) in [5, 5.41) is 5.26. The SMILES string of the molecule is CCC(=O)NCC(F)COCCCCCNC(=O)COC(C)C. The van der Waals surface area contributed by atoms with Crippen LogP contribution in [0.1, 0.15) is 46.5 Å². The minimum Gasteiger partial charge on any atom is -0.378 e. The summed E-state index contributed by atoms with van der Waals surface area (Å²) in [6.45, 7) is 6.65. The zero-order valence-electron chi connectivity index (χ0n) is 14.5. The molecule has 6 nitrogen and oxygen atoms in total. The van der Waals surface area contributed by atoms with Crippen LogP contribution in [0, 0.1) is 0 Å². The van der Waals surface area contributed by atoms with Crippen molar-refractivity contribution in [3.05, 3.63) is 0 Å². The van der Waals surface area contributed by atoms with Crippen LogP contribution in [0.2, 0.25) is 0 Å². The zero-order valence-corrected chi connectivity index (χ0v) is 14.5. The summed E-state index contributed by atoms with van der Waals surface area (Å²) in [5.41, 5.74) is 0. The van der Waals surface area contributed by atoms with Gasteiger partial charge in [-0.15, -0.1) is 0 Å². The molecule has 0 aliphatic heterocycles. The van der Waals surface area contributed by atoms with Gasteiger partial charge in [0.1, 0.15) is 12.8 Å². The molecule has 0 saturated heterocycles. The summed E-state index contributed by atoms with van der Waals surface area (Å²) < 4.78 is 23.8. The van der Waals surface area contributed by atoms with Crippen molar-refractivity contribution < 1.29 is 23.5 Å². The molecular weight excluding hydrogens is 303 g/mol. The number of carbonyl (C=O) groups excluding carboxylic acids is 2. The molecule has 0 rings (SSSR count). The van der Waals surface area contributed by atoms with Gasteiger partial charge in [-0.2, -0.15) is 0 Å². The molecule has 0 heterocycles. The summed E-state index contributed by atoms with van der Waals surface area (Å²) in [7, 11) is 0. The predicted molar refractivity (Wildman–Crippen MR) is 87.0 cm³/mol. The topological polar surface area (TPSA) is 76.7 Å². The number of hydrogen-bond acceptors (Lipinski definition) is 4. The van der Waals surface area contributed by atoms with Gasteiger partial charge in [0.15, 0.2) is 0 Å². The summed E-state index contributed by atoms with van der Waals surface area (Å²) in [5.74, 6) is -0.266. The highest BCUT2D eigenvalue weighted by atomic mass is 19.1. The molecule has 0 aliphatic carbocycles. The molecule has 0 spiro atoms. The van der Waals surface area contributed by atoms with E-state index in [1.165, 1.54) is 0 Å². The summed E-state index contributed by atoms with van der Waals surface area (Å²) in [4.78, 5) is 22.3. The quantitative estimate of drug-likeness (QED) is 0.473. The zero-order chi connectivity index (χ0) is 17.5. The number of carbonyl (C=O) groups is 2. The van der Waals surface area contributed by atoms with E-state index in [-0.39, 0.29) is 37.7 Å². The molecule has 0 bridgehead atoms. The maximum atomic E-state index is 13.3. The number of ether oxygens (including phenoxy) is 2. The molecule has 0 fully saturated rings. The van der Waals surface area contributed by atoms with E-state index in [4.69, 9.17) is 9.47 Å². The fraction of sp³-hybridized carbons (Fsp3) is 0.875. The Labute approximate surface area is 138 Å². The molecular formula is C16H31FN2O4. The molecule has 0 saturated carbocycles. The molecule has 0 aromatic heterocycles. The molecule has 1 unspecified atom stereocenters. The monoisotopic (exact) mass is 334 g/mol.